The smallest absolute Gasteiger partial charge is 0.394 e. The zero-order valence-electron chi connectivity index (χ0n) is 56.9. The SMILES string of the molecule is CC(=O)NC1[C@H](OCCCCC(=O)NCCCC[C@H](CC(=O)CCCCO[C@@H]2OC(CO)[C@H](O)[C@H](O)C2NC(C)=O)C(=O)NCCCCCC(=O)CCCCCCC(=O)N2C[C@H](O)CC2COP(=O)(O)O[C@@H]2CC(COP(O)(=S)OCCO)N(C(=O)CCCS)C2)OC(CO)C(O)[C@H]1O. The second-order valence-corrected chi connectivity index (χ2v) is 30.2. The third kappa shape index (κ3) is 33.1. The van der Waals surface area contributed by atoms with Crippen LogP contribution in [-0.4, -0.2) is 278 Å². The molecule has 0 aromatic rings. The van der Waals surface area contributed by atoms with E-state index in [1.165, 1.54) is 23.6 Å². The van der Waals surface area contributed by atoms with Crippen LogP contribution in [0.1, 0.15) is 168 Å². The number of aliphatic hydroxyl groups excluding tert-OH is 8. The molecule has 37 heteroatoms. The molecule has 17 atom stereocenters. The number of thiol groups is 1. The van der Waals surface area contributed by atoms with Gasteiger partial charge in [-0.05, 0) is 101 Å². The minimum absolute atomic E-state index is 0.00766. The van der Waals surface area contributed by atoms with Gasteiger partial charge < -0.3 is 110 Å². The van der Waals surface area contributed by atoms with E-state index >= 15 is 0 Å². The van der Waals surface area contributed by atoms with Gasteiger partial charge in [-0.3, -0.25) is 47.4 Å². The van der Waals surface area contributed by atoms with Crippen LogP contribution in [0.5, 0.6) is 0 Å². The highest BCUT2D eigenvalue weighted by atomic mass is 32.5. The maximum atomic E-state index is 13.6. The molecule has 0 aromatic carbocycles. The summed E-state index contributed by atoms with van der Waals surface area (Å²) in [6.07, 6.45) is -3.32. The van der Waals surface area contributed by atoms with Crippen molar-refractivity contribution < 1.29 is 131 Å². The van der Waals surface area contributed by atoms with Crippen molar-refractivity contribution in [2.45, 2.75) is 254 Å². The number of carbonyl (C=O) groups excluding carboxylic acids is 8. The number of β-amino-alcohol motifs (C(OH)–C–C–N with tert-alkyl or cyclic N) is 1. The zero-order chi connectivity index (χ0) is 73.1. The second kappa shape index (κ2) is 47.2. The summed E-state index contributed by atoms with van der Waals surface area (Å²) in [5.74, 6) is -2.40. The summed E-state index contributed by atoms with van der Waals surface area (Å²) in [6, 6.07) is -3.62. The summed E-state index contributed by atoms with van der Waals surface area (Å²) in [5.41, 5.74) is 0. The van der Waals surface area contributed by atoms with Crippen LogP contribution in [0.2, 0.25) is 0 Å². The number of rotatable bonds is 51. The summed E-state index contributed by atoms with van der Waals surface area (Å²) in [7, 11) is -4.77. The molecule has 0 spiro atoms. The molecule has 4 fully saturated rings. The molecular weight excluding hydrogens is 1390 g/mol. The van der Waals surface area contributed by atoms with Crippen molar-refractivity contribution in [2.75, 3.05) is 84.8 Å². The van der Waals surface area contributed by atoms with Crippen LogP contribution in [0, 0.1) is 5.92 Å². The fraction of sp³-hybridized carbons (Fsp3) is 0.871. The number of nitrogens with one attached hydrogen (secondary N) is 4. The molecular formula is C62H110N6O27P2S2. The third-order valence-electron chi connectivity index (χ3n) is 17.3. The van der Waals surface area contributed by atoms with Gasteiger partial charge in [0.05, 0.1) is 63.9 Å². The van der Waals surface area contributed by atoms with Crippen molar-refractivity contribution in [3.05, 3.63) is 0 Å². The van der Waals surface area contributed by atoms with Crippen LogP contribution < -0.4 is 21.3 Å². The number of hydrogen-bond donors (Lipinski definition) is 15. The van der Waals surface area contributed by atoms with E-state index in [1.54, 1.807) is 0 Å². The normalized spacial score (nSPS) is 27.0. The molecule has 9 unspecified atom stereocenters. The molecule has 4 heterocycles. The predicted octanol–water partition coefficient (Wildman–Crippen LogP) is -0.287. The lowest BCUT2D eigenvalue weighted by Crippen LogP contribution is -2.64. The first-order chi connectivity index (χ1) is 47.1. The Balaban J connectivity index is 1.15. The number of unbranched alkanes of at least 4 members (excludes halogenated alkanes) is 8. The lowest BCUT2D eigenvalue weighted by atomic mass is 9.93. The average Bonchev–Trinajstić information content (AvgIpc) is 1.67. The standard InChI is InChI=1S/C62H110N6O27P2S2/c1-40(72)65-54-58(82)56(80)49(36-70)93-61(54)88-27-14-10-20-46(75)31-42(17-9-13-24-63-51(77)21-11-15-28-89-62-55(66-41(2)73)59(83)57(81)50(37-71)94-62)60(84)64-25-12-5-7-19-45(74)18-6-3-4-8-22-52(78)67-34-47(76)32-43(67)38-91-96(85,86)95-48-33-44(39-92-97(87,99)90-29-26-69)68(35-48)53(79)23-16-30-98/h42-44,47-50,54-59,61-62,69-71,76,80-83,98H,3-39H2,1-2H3,(H,63,77)(H,64,84)(H,65,72)(H,66,73)(H,85,86)(H,87,99)/t42-,43?,44?,47-,48-,49?,50?,54?,55?,56+,57?,58-,59+,61-,62-,97?/m1/s1. The zero-order valence-corrected chi connectivity index (χ0v) is 60.4. The van der Waals surface area contributed by atoms with Gasteiger partial charge in [0.15, 0.2) is 12.6 Å². The van der Waals surface area contributed by atoms with Crippen molar-refractivity contribution in [1.29, 1.82) is 0 Å². The molecule has 6 amide bonds. The number of Topliss-reactive ketones (excluding diaryl/α,β-unsaturated/α-hetero) is 2. The number of phosphoric acid groups is 1. The Bertz CT molecular complexity index is 2580. The van der Waals surface area contributed by atoms with E-state index in [2.05, 4.69) is 33.9 Å². The third-order valence-corrected chi connectivity index (χ3v) is 20.3. The Labute approximate surface area is 589 Å². The molecule has 4 saturated heterocycles. The van der Waals surface area contributed by atoms with E-state index in [9.17, 15) is 88.5 Å². The van der Waals surface area contributed by atoms with Gasteiger partial charge in [-0.2, -0.15) is 12.6 Å². The first kappa shape index (κ1) is 88.1. The molecule has 4 aliphatic rings. The molecule has 572 valence electrons. The minimum Gasteiger partial charge on any atom is -0.394 e. The van der Waals surface area contributed by atoms with Gasteiger partial charge >= 0.3 is 14.5 Å². The van der Waals surface area contributed by atoms with E-state index < -0.39 is 144 Å². The number of carbonyl (C=O) groups is 8. The van der Waals surface area contributed by atoms with Gasteiger partial charge in [0.2, 0.25) is 35.4 Å². The molecule has 4 aliphatic heterocycles. The van der Waals surface area contributed by atoms with Crippen molar-refractivity contribution in [2.24, 2.45) is 5.92 Å². The number of hydrogen-bond acceptors (Lipinski definition) is 27. The molecule has 14 N–H and O–H groups in total. The number of phosphoric ester groups is 1. The second-order valence-electron chi connectivity index (χ2n) is 25.5. The highest BCUT2D eigenvalue weighted by molar-refractivity contribution is 8.07. The maximum absolute atomic E-state index is 13.6. The summed E-state index contributed by atoms with van der Waals surface area (Å²) in [5, 5.41) is 91.1. The van der Waals surface area contributed by atoms with Crippen LogP contribution in [-0.2, 0) is 91.8 Å². The largest absolute Gasteiger partial charge is 0.472 e. The summed E-state index contributed by atoms with van der Waals surface area (Å²) < 4.78 is 57.1. The molecule has 0 aromatic heterocycles. The van der Waals surface area contributed by atoms with Crippen LogP contribution in [0.25, 0.3) is 0 Å². The quantitative estimate of drug-likeness (QED) is 0.0211. The number of ether oxygens (including phenoxy) is 4. The highest BCUT2D eigenvalue weighted by Crippen LogP contribution is 2.48. The Morgan fingerprint density at radius 1 is 0.576 bits per heavy atom. The molecule has 0 aliphatic carbocycles. The number of ketones is 2. The maximum Gasteiger partial charge on any atom is 0.472 e. The minimum atomic E-state index is -4.77. The van der Waals surface area contributed by atoms with Gasteiger partial charge in [-0.15, -0.1) is 0 Å². The van der Waals surface area contributed by atoms with Crippen LogP contribution in [0.3, 0.4) is 0 Å². The van der Waals surface area contributed by atoms with E-state index in [0.717, 1.165) is 0 Å². The number of amides is 6. The Kier molecular flexibility index (Phi) is 42.0. The van der Waals surface area contributed by atoms with Crippen LogP contribution in [0.4, 0.5) is 0 Å². The summed E-state index contributed by atoms with van der Waals surface area (Å²) >= 11 is 9.13. The molecule has 0 bridgehead atoms. The van der Waals surface area contributed by atoms with Gasteiger partial charge in [-0.1, -0.05) is 25.7 Å². The Morgan fingerprint density at radius 2 is 1.07 bits per heavy atom. The lowest BCUT2D eigenvalue weighted by Gasteiger charge is -2.42. The van der Waals surface area contributed by atoms with Gasteiger partial charge in [0.1, 0.15) is 60.3 Å². The first-order valence-corrected chi connectivity index (χ1v) is 39.2. The average molecular weight is 1500 g/mol. The van der Waals surface area contributed by atoms with Crippen molar-refractivity contribution in [1.82, 2.24) is 31.1 Å². The predicted molar refractivity (Wildman–Crippen MR) is 360 cm³/mol. The van der Waals surface area contributed by atoms with Crippen molar-refractivity contribution in [3.8, 4) is 0 Å². The molecule has 0 radical (unpaired) electrons. The Hall–Kier alpha value is -3.33. The molecule has 0 saturated carbocycles. The first-order valence-electron chi connectivity index (χ1n) is 34.5. The van der Waals surface area contributed by atoms with E-state index in [0.29, 0.717) is 128 Å². The van der Waals surface area contributed by atoms with Crippen molar-refractivity contribution in [3.63, 3.8) is 0 Å². The van der Waals surface area contributed by atoms with E-state index in [1.807, 2.05) is 0 Å². The van der Waals surface area contributed by atoms with Crippen LogP contribution >= 0.6 is 27.2 Å². The number of likely N-dealkylation sites (tertiary alicyclic amines) is 2. The van der Waals surface area contributed by atoms with Gasteiger partial charge in [0.25, 0.3) is 0 Å². The fourth-order valence-corrected chi connectivity index (χ4v) is 14.3. The van der Waals surface area contributed by atoms with E-state index in [4.69, 9.17) is 54.0 Å². The van der Waals surface area contributed by atoms with Gasteiger partial charge in [-0.25, -0.2) is 4.57 Å². The highest BCUT2D eigenvalue weighted by Gasteiger charge is 2.47. The van der Waals surface area contributed by atoms with Gasteiger partial charge in [0, 0.05) is 104 Å². The topological polar surface area (TPSA) is 484 Å². The molecule has 99 heavy (non-hydrogen) atoms. The van der Waals surface area contributed by atoms with Crippen LogP contribution in [0.15, 0.2) is 0 Å². The monoisotopic (exact) mass is 1500 g/mol. The Morgan fingerprint density at radius 3 is 1.64 bits per heavy atom. The molecule has 33 nitrogen and oxygen atoms in total. The molecule has 4 rings (SSSR count). The number of nitrogens with zero attached hydrogens (tertiary/aromatic N) is 2. The fourth-order valence-electron chi connectivity index (χ4n) is 12.1. The summed E-state index contributed by atoms with van der Waals surface area (Å²) in [4.78, 5) is 126. The van der Waals surface area contributed by atoms with E-state index in [-0.39, 0.29) is 120 Å². The number of aliphatic hydroxyl groups is 8. The van der Waals surface area contributed by atoms with Crippen molar-refractivity contribution >= 4 is 86.0 Å². The lowest BCUT2D eigenvalue weighted by molar-refractivity contribution is -0.270. The summed E-state index contributed by atoms with van der Waals surface area (Å²) in [6.45, 7) is -3.16.